The Labute approximate surface area is 109 Å². The number of aryl methyl sites for hydroxylation is 1. The van der Waals surface area contributed by atoms with Gasteiger partial charge in [-0.15, -0.1) is 0 Å². The SMILES string of the molecule is CC(N)CCCC(C)C(=O)NCc1ccn(C)n1. The Morgan fingerprint density at radius 1 is 1.50 bits per heavy atom. The molecule has 0 aromatic carbocycles. The van der Waals surface area contributed by atoms with Crippen LogP contribution >= 0.6 is 0 Å². The van der Waals surface area contributed by atoms with Crippen LogP contribution < -0.4 is 11.1 Å². The third-order valence-electron chi connectivity index (χ3n) is 2.96. The summed E-state index contributed by atoms with van der Waals surface area (Å²) in [7, 11) is 1.86. The van der Waals surface area contributed by atoms with Crippen LogP contribution in [0.2, 0.25) is 0 Å². The smallest absolute Gasteiger partial charge is 0.223 e. The Morgan fingerprint density at radius 2 is 2.22 bits per heavy atom. The minimum absolute atomic E-state index is 0.0347. The Morgan fingerprint density at radius 3 is 2.78 bits per heavy atom. The highest BCUT2D eigenvalue weighted by Gasteiger charge is 2.12. The first-order valence-corrected chi connectivity index (χ1v) is 6.51. The minimum atomic E-state index is 0.0347. The highest BCUT2D eigenvalue weighted by atomic mass is 16.1. The quantitative estimate of drug-likeness (QED) is 0.765. The van der Waals surface area contributed by atoms with Gasteiger partial charge in [-0.3, -0.25) is 9.48 Å². The topological polar surface area (TPSA) is 72.9 Å². The predicted octanol–water partition coefficient (Wildman–Crippen LogP) is 1.19. The van der Waals surface area contributed by atoms with E-state index in [0.29, 0.717) is 6.54 Å². The van der Waals surface area contributed by atoms with Gasteiger partial charge in [-0.2, -0.15) is 5.10 Å². The van der Waals surface area contributed by atoms with Crippen LogP contribution in [-0.4, -0.2) is 21.7 Å². The maximum Gasteiger partial charge on any atom is 0.223 e. The number of rotatable bonds is 7. The molecule has 0 fully saturated rings. The van der Waals surface area contributed by atoms with E-state index in [1.54, 1.807) is 4.68 Å². The molecule has 0 bridgehead atoms. The van der Waals surface area contributed by atoms with Gasteiger partial charge >= 0.3 is 0 Å². The van der Waals surface area contributed by atoms with Crippen molar-refractivity contribution in [1.29, 1.82) is 0 Å². The van der Waals surface area contributed by atoms with Gasteiger partial charge in [0.05, 0.1) is 12.2 Å². The zero-order valence-corrected chi connectivity index (χ0v) is 11.5. The van der Waals surface area contributed by atoms with Gasteiger partial charge < -0.3 is 11.1 Å². The molecule has 1 aromatic heterocycles. The third-order valence-corrected chi connectivity index (χ3v) is 2.96. The zero-order chi connectivity index (χ0) is 13.5. The fourth-order valence-corrected chi connectivity index (χ4v) is 1.79. The van der Waals surface area contributed by atoms with Crippen LogP contribution in [0.25, 0.3) is 0 Å². The van der Waals surface area contributed by atoms with Crippen LogP contribution in [0.3, 0.4) is 0 Å². The first kappa shape index (κ1) is 14.7. The van der Waals surface area contributed by atoms with E-state index in [1.807, 2.05) is 33.2 Å². The van der Waals surface area contributed by atoms with Crippen molar-refractivity contribution in [3.8, 4) is 0 Å². The van der Waals surface area contributed by atoms with Crippen molar-refractivity contribution in [3.05, 3.63) is 18.0 Å². The monoisotopic (exact) mass is 252 g/mol. The van der Waals surface area contributed by atoms with Crippen LogP contribution in [0.15, 0.2) is 12.3 Å². The molecule has 0 aliphatic heterocycles. The van der Waals surface area contributed by atoms with Crippen molar-refractivity contribution in [2.75, 3.05) is 0 Å². The van der Waals surface area contributed by atoms with E-state index < -0.39 is 0 Å². The summed E-state index contributed by atoms with van der Waals surface area (Å²) < 4.78 is 1.73. The molecule has 0 saturated carbocycles. The molecule has 3 N–H and O–H groups in total. The summed E-state index contributed by atoms with van der Waals surface area (Å²) in [6, 6.07) is 2.12. The molecule has 5 nitrogen and oxygen atoms in total. The second kappa shape index (κ2) is 7.16. The molecule has 0 aliphatic rings. The van der Waals surface area contributed by atoms with Crippen molar-refractivity contribution in [2.45, 2.75) is 45.7 Å². The highest BCUT2D eigenvalue weighted by molar-refractivity contribution is 5.78. The number of nitrogens with two attached hydrogens (primary N) is 1. The first-order valence-electron chi connectivity index (χ1n) is 6.51. The lowest BCUT2D eigenvalue weighted by Gasteiger charge is -2.12. The Kier molecular flexibility index (Phi) is 5.85. The van der Waals surface area contributed by atoms with E-state index in [2.05, 4.69) is 10.4 Å². The number of nitrogens with one attached hydrogen (secondary N) is 1. The van der Waals surface area contributed by atoms with Crippen LogP contribution in [0.1, 0.15) is 38.8 Å². The van der Waals surface area contributed by atoms with Gasteiger partial charge in [0, 0.05) is 25.2 Å². The van der Waals surface area contributed by atoms with Gasteiger partial charge in [0.2, 0.25) is 5.91 Å². The number of nitrogens with zero attached hydrogens (tertiary/aromatic N) is 2. The summed E-state index contributed by atoms with van der Waals surface area (Å²) >= 11 is 0. The molecule has 1 aromatic rings. The van der Waals surface area contributed by atoms with E-state index in [1.165, 1.54) is 0 Å². The van der Waals surface area contributed by atoms with Crippen molar-refractivity contribution in [1.82, 2.24) is 15.1 Å². The number of amides is 1. The molecule has 1 amide bonds. The third kappa shape index (κ3) is 5.31. The average Bonchev–Trinajstić information content (AvgIpc) is 2.71. The molecule has 102 valence electrons. The Bertz CT molecular complexity index is 373. The van der Waals surface area contributed by atoms with Crippen molar-refractivity contribution in [3.63, 3.8) is 0 Å². The summed E-state index contributed by atoms with van der Waals surface area (Å²) in [5, 5.41) is 7.12. The summed E-state index contributed by atoms with van der Waals surface area (Å²) in [6.45, 7) is 4.44. The number of carbonyl (C=O) groups excluding carboxylic acids is 1. The average molecular weight is 252 g/mol. The van der Waals surface area contributed by atoms with Gasteiger partial charge in [0.1, 0.15) is 0 Å². The van der Waals surface area contributed by atoms with Crippen LogP contribution in [-0.2, 0) is 18.4 Å². The molecule has 2 atom stereocenters. The molecule has 5 heteroatoms. The maximum atomic E-state index is 11.8. The lowest BCUT2D eigenvalue weighted by atomic mass is 10.0. The lowest BCUT2D eigenvalue weighted by molar-refractivity contribution is -0.124. The number of carbonyl (C=O) groups is 1. The van der Waals surface area contributed by atoms with Crippen molar-refractivity contribution < 1.29 is 4.79 Å². The second-order valence-electron chi connectivity index (χ2n) is 5.01. The molecule has 1 rings (SSSR count). The highest BCUT2D eigenvalue weighted by Crippen LogP contribution is 2.09. The molecule has 18 heavy (non-hydrogen) atoms. The molecule has 0 saturated heterocycles. The van der Waals surface area contributed by atoms with E-state index in [4.69, 9.17) is 5.73 Å². The molecule has 0 aliphatic carbocycles. The second-order valence-corrected chi connectivity index (χ2v) is 5.01. The number of hydrogen-bond acceptors (Lipinski definition) is 3. The van der Waals surface area contributed by atoms with E-state index in [0.717, 1.165) is 25.0 Å². The van der Waals surface area contributed by atoms with E-state index >= 15 is 0 Å². The molecule has 1 heterocycles. The Balaban J connectivity index is 2.23. The fourth-order valence-electron chi connectivity index (χ4n) is 1.79. The summed E-state index contributed by atoms with van der Waals surface area (Å²) in [6.07, 6.45) is 4.72. The van der Waals surface area contributed by atoms with Crippen LogP contribution in [0.5, 0.6) is 0 Å². The molecular weight excluding hydrogens is 228 g/mol. The minimum Gasteiger partial charge on any atom is -0.350 e. The standard InChI is InChI=1S/C13H24N4O/c1-10(5-4-6-11(2)14)13(18)15-9-12-7-8-17(3)16-12/h7-8,10-11H,4-6,9,14H2,1-3H3,(H,15,18). The summed E-state index contributed by atoms with van der Waals surface area (Å²) in [5.74, 6) is 0.123. The van der Waals surface area contributed by atoms with Gasteiger partial charge in [0.15, 0.2) is 0 Å². The predicted molar refractivity (Wildman–Crippen MR) is 71.7 cm³/mol. The lowest BCUT2D eigenvalue weighted by Crippen LogP contribution is -2.29. The molecular formula is C13H24N4O. The largest absolute Gasteiger partial charge is 0.350 e. The summed E-state index contributed by atoms with van der Waals surface area (Å²) in [5.41, 5.74) is 6.56. The Hall–Kier alpha value is -1.36. The number of aromatic nitrogens is 2. The maximum absolute atomic E-state index is 11.8. The van der Waals surface area contributed by atoms with Crippen LogP contribution in [0.4, 0.5) is 0 Å². The fraction of sp³-hybridized carbons (Fsp3) is 0.692. The van der Waals surface area contributed by atoms with E-state index in [9.17, 15) is 4.79 Å². The molecule has 0 radical (unpaired) electrons. The van der Waals surface area contributed by atoms with Gasteiger partial charge in [0.25, 0.3) is 0 Å². The van der Waals surface area contributed by atoms with Crippen LogP contribution in [0, 0.1) is 5.92 Å². The van der Waals surface area contributed by atoms with Gasteiger partial charge in [-0.05, 0) is 25.8 Å². The van der Waals surface area contributed by atoms with Gasteiger partial charge in [-0.1, -0.05) is 13.3 Å². The number of hydrogen-bond donors (Lipinski definition) is 2. The van der Waals surface area contributed by atoms with E-state index in [-0.39, 0.29) is 17.9 Å². The molecule has 2 unspecified atom stereocenters. The van der Waals surface area contributed by atoms with Crippen molar-refractivity contribution in [2.24, 2.45) is 18.7 Å². The van der Waals surface area contributed by atoms with Crippen molar-refractivity contribution >= 4 is 5.91 Å². The first-order chi connectivity index (χ1) is 8.49. The normalized spacial score (nSPS) is 14.2. The van der Waals surface area contributed by atoms with Gasteiger partial charge in [-0.25, -0.2) is 0 Å². The zero-order valence-electron chi connectivity index (χ0n) is 11.5. The summed E-state index contributed by atoms with van der Waals surface area (Å²) in [4.78, 5) is 11.8. The molecule has 0 spiro atoms.